The fourth-order valence-corrected chi connectivity index (χ4v) is 2.84. The average molecular weight is 279 g/mol. The Hall–Kier alpha value is -1.82. The van der Waals surface area contributed by atoms with Gasteiger partial charge >= 0.3 is 5.97 Å². The molecule has 2 atom stereocenters. The molecule has 6 nitrogen and oxygen atoms in total. The van der Waals surface area contributed by atoms with Gasteiger partial charge < -0.3 is 19.5 Å². The minimum atomic E-state index is -0.948. The van der Waals surface area contributed by atoms with Crippen LogP contribution in [0.3, 0.4) is 0 Å². The molecule has 2 rings (SSSR count). The molecule has 20 heavy (non-hydrogen) atoms. The molecule has 1 aromatic heterocycles. The molecule has 0 spiro atoms. The number of rotatable bonds is 4. The fraction of sp³-hybridized carbons (Fsp3) is 0.571. The first-order valence-electron chi connectivity index (χ1n) is 6.72. The molecule has 2 heterocycles. The molecule has 110 valence electrons. The summed E-state index contributed by atoms with van der Waals surface area (Å²) in [6.07, 6.45) is 1.63. The van der Waals surface area contributed by atoms with Crippen LogP contribution in [0.25, 0.3) is 0 Å². The van der Waals surface area contributed by atoms with Gasteiger partial charge in [-0.2, -0.15) is 0 Å². The highest BCUT2D eigenvalue weighted by Gasteiger charge is 2.34. The van der Waals surface area contributed by atoms with E-state index in [2.05, 4.69) is 11.8 Å². The van der Waals surface area contributed by atoms with Crippen molar-refractivity contribution in [3.63, 3.8) is 0 Å². The second kappa shape index (κ2) is 5.66. The lowest BCUT2D eigenvalue weighted by Crippen LogP contribution is -2.36. The number of nitrogens with zero attached hydrogens (tertiary/aromatic N) is 3. The van der Waals surface area contributed by atoms with Gasteiger partial charge in [-0.25, -0.2) is 0 Å². The Morgan fingerprint density at radius 3 is 2.65 bits per heavy atom. The first kappa shape index (κ1) is 14.6. The van der Waals surface area contributed by atoms with Crippen molar-refractivity contribution in [2.75, 3.05) is 27.2 Å². The molecule has 1 saturated heterocycles. The number of amides is 1. The number of aromatic nitrogens is 1. The van der Waals surface area contributed by atoms with Crippen molar-refractivity contribution in [3.8, 4) is 0 Å². The minimum Gasteiger partial charge on any atom is -0.480 e. The number of hydrogen-bond donors (Lipinski definition) is 1. The lowest BCUT2D eigenvalue weighted by molar-refractivity contribution is -0.137. The standard InChI is InChI=1S/C14H21N3O3/c1-10-7-17(8-12(10)15(2)3)14(20)11-5-4-6-16(11)9-13(18)19/h4-6,10,12H,7-9H2,1-3H3,(H,18,19). The third kappa shape index (κ3) is 2.85. The predicted molar refractivity (Wildman–Crippen MR) is 74.6 cm³/mol. The van der Waals surface area contributed by atoms with E-state index in [1.165, 1.54) is 4.57 Å². The lowest BCUT2D eigenvalue weighted by atomic mass is 10.1. The van der Waals surface area contributed by atoms with Crippen LogP contribution in [0.5, 0.6) is 0 Å². The molecule has 1 aliphatic rings. The van der Waals surface area contributed by atoms with Gasteiger partial charge in [-0.15, -0.1) is 0 Å². The van der Waals surface area contributed by atoms with Crippen LogP contribution in [-0.2, 0) is 11.3 Å². The maximum absolute atomic E-state index is 12.5. The van der Waals surface area contributed by atoms with E-state index in [0.29, 0.717) is 30.7 Å². The van der Waals surface area contributed by atoms with Crippen LogP contribution >= 0.6 is 0 Å². The molecule has 0 saturated carbocycles. The molecule has 0 aliphatic carbocycles. The van der Waals surface area contributed by atoms with Crippen molar-refractivity contribution in [1.82, 2.24) is 14.4 Å². The smallest absolute Gasteiger partial charge is 0.323 e. The Morgan fingerprint density at radius 2 is 2.10 bits per heavy atom. The molecule has 2 unspecified atom stereocenters. The van der Waals surface area contributed by atoms with E-state index in [-0.39, 0.29) is 12.5 Å². The molecule has 1 aromatic rings. The monoisotopic (exact) mass is 279 g/mol. The largest absolute Gasteiger partial charge is 0.480 e. The summed E-state index contributed by atoms with van der Waals surface area (Å²) in [7, 11) is 4.03. The van der Waals surface area contributed by atoms with Crippen molar-refractivity contribution in [2.45, 2.75) is 19.5 Å². The van der Waals surface area contributed by atoms with E-state index in [9.17, 15) is 9.59 Å². The van der Waals surface area contributed by atoms with Gasteiger partial charge in [-0.1, -0.05) is 6.92 Å². The van der Waals surface area contributed by atoms with E-state index >= 15 is 0 Å². The second-order valence-corrected chi connectivity index (χ2v) is 5.63. The number of carboxylic acid groups (broad SMARTS) is 1. The summed E-state index contributed by atoms with van der Waals surface area (Å²) >= 11 is 0. The van der Waals surface area contributed by atoms with Crippen LogP contribution < -0.4 is 0 Å². The van der Waals surface area contributed by atoms with Crippen LogP contribution in [0.1, 0.15) is 17.4 Å². The van der Waals surface area contributed by atoms with Crippen LogP contribution in [0, 0.1) is 5.92 Å². The second-order valence-electron chi connectivity index (χ2n) is 5.63. The zero-order valence-corrected chi connectivity index (χ0v) is 12.1. The maximum Gasteiger partial charge on any atom is 0.323 e. The summed E-state index contributed by atoms with van der Waals surface area (Å²) in [6.45, 7) is 3.34. The van der Waals surface area contributed by atoms with Crippen molar-refractivity contribution in [2.24, 2.45) is 5.92 Å². The molecule has 1 aliphatic heterocycles. The minimum absolute atomic E-state index is 0.0903. The molecular formula is C14H21N3O3. The quantitative estimate of drug-likeness (QED) is 0.876. The first-order valence-corrected chi connectivity index (χ1v) is 6.72. The van der Waals surface area contributed by atoms with E-state index < -0.39 is 5.97 Å². The summed E-state index contributed by atoms with van der Waals surface area (Å²) in [5, 5.41) is 8.86. The third-order valence-corrected chi connectivity index (χ3v) is 3.88. The zero-order valence-electron chi connectivity index (χ0n) is 12.1. The topological polar surface area (TPSA) is 65.8 Å². The van der Waals surface area contributed by atoms with Crippen LogP contribution in [0.4, 0.5) is 0 Å². The van der Waals surface area contributed by atoms with Crippen LogP contribution in [0.2, 0.25) is 0 Å². The summed E-state index contributed by atoms with van der Waals surface area (Å²) in [5.74, 6) is -0.625. The Kier molecular flexibility index (Phi) is 4.13. The van der Waals surface area contributed by atoms with Gasteiger partial charge in [0, 0.05) is 25.3 Å². The number of hydrogen-bond acceptors (Lipinski definition) is 3. The van der Waals surface area contributed by atoms with Crippen LogP contribution in [0.15, 0.2) is 18.3 Å². The molecule has 1 amide bonds. The van der Waals surface area contributed by atoms with Crippen molar-refractivity contribution < 1.29 is 14.7 Å². The van der Waals surface area contributed by atoms with Gasteiger partial charge in [0.15, 0.2) is 0 Å². The number of likely N-dealkylation sites (N-methyl/N-ethyl adjacent to an activating group) is 1. The first-order chi connectivity index (χ1) is 9.40. The van der Waals surface area contributed by atoms with Crippen LogP contribution in [-0.4, -0.2) is 64.6 Å². The van der Waals surface area contributed by atoms with Gasteiger partial charge in [-0.3, -0.25) is 9.59 Å². The molecule has 0 bridgehead atoms. The summed E-state index contributed by atoms with van der Waals surface area (Å²) in [5.41, 5.74) is 0.444. The molecule has 1 fully saturated rings. The number of carbonyl (C=O) groups is 2. The van der Waals surface area contributed by atoms with Crippen molar-refractivity contribution >= 4 is 11.9 Å². The molecule has 0 aromatic carbocycles. The highest BCUT2D eigenvalue weighted by molar-refractivity contribution is 5.93. The Bertz CT molecular complexity index is 510. The summed E-state index contributed by atoms with van der Waals surface area (Å²) in [6, 6.07) is 3.74. The average Bonchev–Trinajstić information content (AvgIpc) is 2.94. The maximum atomic E-state index is 12.5. The van der Waals surface area contributed by atoms with E-state index in [0.717, 1.165) is 0 Å². The summed E-state index contributed by atoms with van der Waals surface area (Å²) < 4.78 is 1.48. The van der Waals surface area contributed by atoms with E-state index in [1.807, 2.05) is 19.0 Å². The van der Waals surface area contributed by atoms with Gasteiger partial charge in [0.1, 0.15) is 12.2 Å². The molecular weight excluding hydrogens is 258 g/mol. The van der Waals surface area contributed by atoms with E-state index in [4.69, 9.17) is 5.11 Å². The zero-order chi connectivity index (χ0) is 14.9. The van der Waals surface area contributed by atoms with Crippen molar-refractivity contribution in [3.05, 3.63) is 24.0 Å². The predicted octanol–water partition coefficient (Wildman–Crippen LogP) is 0.595. The fourth-order valence-electron chi connectivity index (χ4n) is 2.84. The van der Waals surface area contributed by atoms with Gasteiger partial charge in [0.05, 0.1) is 0 Å². The Balaban J connectivity index is 2.13. The third-order valence-electron chi connectivity index (χ3n) is 3.88. The van der Waals surface area contributed by atoms with E-state index in [1.54, 1.807) is 18.3 Å². The van der Waals surface area contributed by atoms with Gasteiger partial charge in [0.2, 0.25) is 0 Å². The lowest BCUT2D eigenvalue weighted by Gasteiger charge is -2.22. The number of carboxylic acids is 1. The molecule has 0 radical (unpaired) electrons. The Labute approximate surface area is 118 Å². The van der Waals surface area contributed by atoms with Gasteiger partial charge in [-0.05, 0) is 32.1 Å². The molecule has 6 heteroatoms. The Morgan fingerprint density at radius 1 is 1.40 bits per heavy atom. The number of carbonyl (C=O) groups excluding carboxylic acids is 1. The SMILES string of the molecule is CC1CN(C(=O)c2cccn2CC(=O)O)CC1N(C)C. The normalized spacial score (nSPS) is 22.5. The van der Waals surface area contributed by atoms with Crippen molar-refractivity contribution in [1.29, 1.82) is 0 Å². The highest BCUT2D eigenvalue weighted by Crippen LogP contribution is 2.22. The summed E-state index contributed by atoms with van der Waals surface area (Å²) in [4.78, 5) is 27.3. The molecule has 1 N–H and O–H groups in total. The number of likely N-dealkylation sites (tertiary alicyclic amines) is 1. The van der Waals surface area contributed by atoms with Gasteiger partial charge in [0.25, 0.3) is 5.91 Å². The number of aliphatic carboxylic acids is 1. The highest BCUT2D eigenvalue weighted by atomic mass is 16.4.